The summed E-state index contributed by atoms with van der Waals surface area (Å²) < 4.78 is 25.4. The molecule has 4 nitrogen and oxygen atoms in total. The van der Waals surface area contributed by atoms with Gasteiger partial charge in [0.25, 0.3) is 0 Å². The smallest absolute Gasteiger partial charge is 0.231 e. The molecule has 0 aromatic heterocycles. The third-order valence-corrected chi connectivity index (χ3v) is 6.12. The second-order valence-electron chi connectivity index (χ2n) is 7.84. The number of carbonyl (C=O) groups excluding carboxylic acids is 1. The number of benzene rings is 1. The van der Waals surface area contributed by atoms with Gasteiger partial charge in [-0.05, 0) is 45.1 Å². The van der Waals surface area contributed by atoms with E-state index in [9.17, 15) is 9.18 Å². The van der Waals surface area contributed by atoms with E-state index >= 15 is 0 Å². The second kappa shape index (κ2) is 6.69. The number of hydrogen-bond acceptors (Lipinski definition) is 3. The molecule has 3 heterocycles. The molecule has 3 atom stereocenters. The molecule has 1 aromatic carbocycles. The van der Waals surface area contributed by atoms with Gasteiger partial charge in [-0.2, -0.15) is 0 Å². The number of nitrogens with zero attached hydrogens (tertiary/aromatic N) is 1. The fraction of sp³-hybridized carbons (Fsp3) is 0.650. The molecular weight excluding hydrogens is 321 g/mol. The molecule has 5 heteroatoms. The van der Waals surface area contributed by atoms with Crippen molar-refractivity contribution in [3.63, 3.8) is 0 Å². The van der Waals surface area contributed by atoms with Crippen molar-refractivity contribution in [3.05, 3.63) is 35.6 Å². The van der Waals surface area contributed by atoms with Crippen LogP contribution in [0.2, 0.25) is 0 Å². The average Bonchev–Trinajstić information content (AvgIpc) is 3.22. The van der Waals surface area contributed by atoms with Crippen molar-refractivity contribution < 1.29 is 18.7 Å². The Labute approximate surface area is 148 Å². The fourth-order valence-electron chi connectivity index (χ4n) is 4.56. The Morgan fingerprint density at radius 3 is 2.68 bits per heavy atom. The van der Waals surface area contributed by atoms with Gasteiger partial charge in [0.2, 0.25) is 5.91 Å². The lowest BCUT2D eigenvalue weighted by atomic mass is 9.74. The lowest BCUT2D eigenvalue weighted by molar-refractivity contribution is -0.147. The molecule has 0 N–H and O–H groups in total. The van der Waals surface area contributed by atoms with Crippen LogP contribution in [0.3, 0.4) is 0 Å². The van der Waals surface area contributed by atoms with E-state index in [0.717, 1.165) is 32.1 Å². The molecule has 3 aliphatic heterocycles. The van der Waals surface area contributed by atoms with Crippen LogP contribution in [0.1, 0.15) is 44.6 Å². The molecule has 0 aliphatic carbocycles. The summed E-state index contributed by atoms with van der Waals surface area (Å²) >= 11 is 0. The molecule has 3 saturated heterocycles. The maximum absolute atomic E-state index is 13.7. The van der Waals surface area contributed by atoms with Crippen LogP contribution >= 0.6 is 0 Å². The molecule has 2 bridgehead atoms. The SMILES string of the molecule is C[C@]1(C(=O)N2CCC(OCc3ccccc3F)CC2)C[C@H]2CC[C@H]1O2. The summed E-state index contributed by atoms with van der Waals surface area (Å²) in [6.07, 6.45) is 5.05. The maximum atomic E-state index is 13.7. The molecule has 136 valence electrons. The largest absolute Gasteiger partial charge is 0.374 e. The van der Waals surface area contributed by atoms with E-state index in [1.165, 1.54) is 6.07 Å². The van der Waals surface area contributed by atoms with Crippen molar-refractivity contribution >= 4 is 5.91 Å². The van der Waals surface area contributed by atoms with Crippen LogP contribution in [0.5, 0.6) is 0 Å². The third-order valence-electron chi connectivity index (χ3n) is 6.12. The summed E-state index contributed by atoms with van der Waals surface area (Å²) in [7, 11) is 0. The van der Waals surface area contributed by atoms with E-state index in [1.54, 1.807) is 12.1 Å². The number of likely N-dealkylation sites (tertiary alicyclic amines) is 1. The molecule has 0 saturated carbocycles. The van der Waals surface area contributed by atoms with E-state index in [2.05, 4.69) is 6.92 Å². The Bertz CT molecular complexity index is 644. The van der Waals surface area contributed by atoms with Gasteiger partial charge in [0, 0.05) is 18.7 Å². The topological polar surface area (TPSA) is 38.8 Å². The first-order valence-corrected chi connectivity index (χ1v) is 9.36. The van der Waals surface area contributed by atoms with Crippen molar-refractivity contribution in [2.75, 3.05) is 13.1 Å². The number of carbonyl (C=O) groups is 1. The Morgan fingerprint density at radius 2 is 2.04 bits per heavy atom. The number of halogens is 1. The van der Waals surface area contributed by atoms with Crippen molar-refractivity contribution in [1.82, 2.24) is 4.90 Å². The van der Waals surface area contributed by atoms with Crippen LogP contribution in [-0.2, 0) is 20.9 Å². The van der Waals surface area contributed by atoms with Crippen LogP contribution in [0.15, 0.2) is 24.3 Å². The lowest BCUT2D eigenvalue weighted by Gasteiger charge is -2.39. The third kappa shape index (κ3) is 3.20. The molecule has 3 fully saturated rings. The fourth-order valence-corrected chi connectivity index (χ4v) is 4.56. The van der Waals surface area contributed by atoms with Gasteiger partial charge in [0.15, 0.2) is 0 Å². The molecule has 1 aromatic rings. The first-order valence-electron chi connectivity index (χ1n) is 9.36. The maximum Gasteiger partial charge on any atom is 0.231 e. The van der Waals surface area contributed by atoms with Crippen LogP contribution in [0.4, 0.5) is 4.39 Å². The highest BCUT2D eigenvalue weighted by atomic mass is 19.1. The summed E-state index contributed by atoms with van der Waals surface area (Å²) in [4.78, 5) is 15.0. The first-order chi connectivity index (χ1) is 12.1. The zero-order valence-electron chi connectivity index (χ0n) is 14.7. The van der Waals surface area contributed by atoms with Crippen molar-refractivity contribution in [2.45, 2.75) is 63.9 Å². The molecule has 1 amide bonds. The van der Waals surface area contributed by atoms with Crippen LogP contribution in [-0.4, -0.2) is 42.2 Å². The highest BCUT2D eigenvalue weighted by molar-refractivity contribution is 5.83. The Kier molecular flexibility index (Phi) is 4.54. The molecule has 3 aliphatic rings. The van der Waals surface area contributed by atoms with Gasteiger partial charge < -0.3 is 14.4 Å². The first kappa shape index (κ1) is 17.0. The Hall–Kier alpha value is -1.46. The number of rotatable bonds is 4. The number of amides is 1. The normalized spacial score (nSPS) is 32.3. The molecular formula is C20H26FNO3. The Balaban J connectivity index is 1.28. The van der Waals surface area contributed by atoms with E-state index in [4.69, 9.17) is 9.47 Å². The highest BCUT2D eigenvalue weighted by Gasteiger charge is 2.55. The van der Waals surface area contributed by atoms with Gasteiger partial charge in [0.05, 0.1) is 30.3 Å². The Morgan fingerprint density at radius 1 is 1.28 bits per heavy atom. The van der Waals surface area contributed by atoms with E-state index in [0.29, 0.717) is 25.3 Å². The van der Waals surface area contributed by atoms with Gasteiger partial charge in [-0.25, -0.2) is 4.39 Å². The highest BCUT2D eigenvalue weighted by Crippen LogP contribution is 2.48. The minimum Gasteiger partial charge on any atom is -0.374 e. The molecule has 25 heavy (non-hydrogen) atoms. The van der Waals surface area contributed by atoms with Crippen LogP contribution in [0, 0.1) is 11.2 Å². The number of piperidine rings is 1. The van der Waals surface area contributed by atoms with E-state index < -0.39 is 0 Å². The summed E-state index contributed by atoms with van der Waals surface area (Å²) in [6, 6.07) is 6.71. The zero-order valence-corrected chi connectivity index (χ0v) is 14.7. The van der Waals surface area contributed by atoms with E-state index in [-0.39, 0.29) is 35.5 Å². The molecule has 4 rings (SSSR count). The molecule has 0 spiro atoms. The van der Waals surface area contributed by atoms with Gasteiger partial charge in [-0.15, -0.1) is 0 Å². The van der Waals surface area contributed by atoms with Gasteiger partial charge in [-0.1, -0.05) is 18.2 Å². The van der Waals surface area contributed by atoms with Crippen molar-refractivity contribution in [3.8, 4) is 0 Å². The summed E-state index contributed by atoms with van der Waals surface area (Å²) in [6.45, 7) is 3.79. The lowest BCUT2D eigenvalue weighted by Crippen LogP contribution is -2.50. The monoisotopic (exact) mass is 347 g/mol. The number of fused-ring (bicyclic) bond motifs is 2. The number of hydrogen-bond donors (Lipinski definition) is 0. The standard InChI is InChI=1S/C20H26FNO3/c1-20(12-16-6-7-18(20)25-16)19(23)22-10-8-15(9-11-22)24-13-14-4-2-3-5-17(14)21/h2-5,15-16,18H,6-13H2,1H3/t16-,18-,20+/m1/s1. The zero-order chi connectivity index (χ0) is 17.4. The second-order valence-corrected chi connectivity index (χ2v) is 7.84. The van der Waals surface area contributed by atoms with Crippen molar-refractivity contribution in [2.24, 2.45) is 5.41 Å². The minimum atomic E-state index is -0.343. The summed E-state index contributed by atoms with van der Waals surface area (Å²) in [5, 5.41) is 0. The van der Waals surface area contributed by atoms with Crippen LogP contribution < -0.4 is 0 Å². The molecule has 0 unspecified atom stereocenters. The summed E-state index contributed by atoms with van der Waals surface area (Å²) in [5.41, 5.74) is 0.247. The van der Waals surface area contributed by atoms with Gasteiger partial charge in [0.1, 0.15) is 5.82 Å². The average molecular weight is 347 g/mol. The predicted octanol–water partition coefficient (Wildman–Crippen LogP) is 3.29. The number of ether oxygens (including phenoxy) is 2. The van der Waals surface area contributed by atoms with Gasteiger partial charge >= 0.3 is 0 Å². The van der Waals surface area contributed by atoms with E-state index in [1.807, 2.05) is 11.0 Å². The predicted molar refractivity (Wildman–Crippen MR) is 91.4 cm³/mol. The summed E-state index contributed by atoms with van der Waals surface area (Å²) in [5.74, 6) is 0.0200. The molecule has 0 radical (unpaired) electrons. The minimum absolute atomic E-state index is 0.0905. The van der Waals surface area contributed by atoms with Crippen LogP contribution in [0.25, 0.3) is 0 Å². The van der Waals surface area contributed by atoms with Crippen molar-refractivity contribution in [1.29, 1.82) is 0 Å². The van der Waals surface area contributed by atoms with Gasteiger partial charge in [-0.3, -0.25) is 4.79 Å². The quantitative estimate of drug-likeness (QED) is 0.839.